The van der Waals surface area contributed by atoms with Crippen molar-refractivity contribution in [1.29, 1.82) is 0 Å². The van der Waals surface area contributed by atoms with Crippen molar-refractivity contribution in [3.05, 3.63) is 15.9 Å². The van der Waals surface area contributed by atoms with E-state index in [1.54, 1.807) is 0 Å². The predicted octanol–water partition coefficient (Wildman–Crippen LogP) is 2.51. The number of hydrogen-bond donors (Lipinski definition) is 1. The summed E-state index contributed by atoms with van der Waals surface area (Å²) in [5.41, 5.74) is 1.84. The van der Waals surface area contributed by atoms with Gasteiger partial charge < -0.3 is 9.84 Å². The van der Waals surface area contributed by atoms with Crippen LogP contribution in [0.1, 0.15) is 32.2 Å². The van der Waals surface area contributed by atoms with Crippen LogP contribution in [0.4, 0.5) is 0 Å². The number of hydrogen-bond acceptors (Lipinski definition) is 3. The van der Waals surface area contributed by atoms with E-state index in [1.165, 1.54) is 0 Å². The lowest BCUT2D eigenvalue weighted by Gasteiger charge is -2.21. The molecule has 0 aliphatic carbocycles. The highest BCUT2D eigenvalue weighted by Crippen LogP contribution is 2.23. The molecule has 0 atom stereocenters. The Morgan fingerprint density at radius 1 is 1.47 bits per heavy atom. The quantitative estimate of drug-likeness (QED) is 0.878. The number of rotatable bonds is 6. The van der Waals surface area contributed by atoms with Crippen LogP contribution in [0, 0.1) is 12.3 Å². The maximum absolute atomic E-state index is 9.14. The number of halogens is 1. The first-order chi connectivity index (χ1) is 7.91. The largest absolute Gasteiger partial charge is 0.396 e. The fraction of sp³-hybridized carbons (Fsp3) is 0.750. The molecular weight excluding hydrogens is 284 g/mol. The van der Waals surface area contributed by atoms with E-state index in [4.69, 9.17) is 9.84 Å². The first kappa shape index (κ1) is 14.7. The molecule has 0 spiro atoms. The number of aromatic nitrogens is 2. The van der Waals surface area contributed by atoms with Gasteiger partial charge >= 0.3 is 0 Å². The third-order valence-corrected chi connectivity index (χ3v) is 3.64. The van der Waals surface area contributed by atoms with Crippen LogP contribution in [-0.2, 0) is 17.9 Å². The Bertz CT molecular complexity index is 375. The number of aryl methyl sites for hydroxylation is 2. The van der Waals surface area contributed by atoms with Crippen LogP contribution in [-0.4, -0.2) is 28.1 Å². The lowest BCUT2D eigenvalue weighted by Crippen LogP contribution is -2.23. The van der Waals surface area contributed by atoms with Crippen LogP contribution in [0.2, 0.25) is 0 Å². The Morgan fingerprint density at radius 2 is 2.12 bits per heavy atom. The van der Waals surface area contributed by atoms with Crippen LogP contribution in [0.3, 0.4) is 0 Å². The monoisotopic (exact) mass is 304 g/mol. The SMILES string of the molecule is CCn1nc(C)c(Br)c1COCC(C)(C)CO. The number of ether oxygens (including phenoxy) is 1. The second-order valence-electron chi connectivity index (χ2n) is 4.98. The van der Waals surface area contributed by atoms with Crippen molar-refractivity contribution in [2.45, 2.75) is 40.8 Å². The summed E-state index contributed by atoms with van der Waals surface area (Å²) in [6.45, 7) is 9.98. The van der Waals surface area contributed by atoms with Gasteiger partial charge in [-0.1, -0.05) is 13.8 Å². The lowest BCUT2D eigenvalue weighted by atomic mass is 9.97. The third kappa shape index (κ3) is 3.79. The van der Waals surface area contributed by atoms with Gasteiger partial charge in [-0.15, -0.1) is 0 Å². The van der Waals surface area contributed by atoms with Gasteiger partial charge in [0.2, 0.25) is 0 Å². The molecule has 1 aromatic rings. The van der Waals surface area contributed by atoms with E-state index >= 15 is 0 Å². The van der Waals surface area contributed by atoms with E-state index < -0.39 is 0 Å². The maximum Gasteiger partial charge on any atom is 0.0896 e. The molecule has 0 amide bonds. The summed E-state index contributed by atoms with van der Waals surface area (Å²) in [4.78, 5) is 0. The van der Waals surface area contributed by atoms with Crippen molar-refractivity contribution < 1.29 is 9.84 Å². The Hall–Kier alpha value is -0.390. The number of aliphatic hydroxyl groups excluding tert-OH is 1. The van der Waals surface area contributed by atoms with Gasteiger partial charge in [-0.2, -0.15) is 5.10 Å². The average molecular weight is 305 g/mol. The minimum atomic E-state index is -0.196. The van der Waals surface area contributed by atoms with E-state index in [2.05, 4.69) is 28.0 Å². The maximum atomic E-state index is 9.14. The lowest BCUT2D eigenvalue weighted by molar-refractivity contribution is 0.0171. The summed E-state index contributed by atoms with van der Waals surface area (Å²) in [6, 6.07) is 0. The molecule has 4 nitrogen and oxygen atoms in total. The fourth-order valence-electron chi connectivity index (χ4n) is 1.48. The summed E-state index contributed by atoms with van der Waals surface area (Å²) >= 11 is 3.53. The minimum absolute atomic E-state index is 0.125. The van der Waals surface area contributed by atoms with E-state index in [1.807, 2.05) is 25.5 Å². The van der Waals surface area contributed by atoms with E-state index in [-0.39, 0.29) is 12.0 Å². The molecule has 1 N–H and O–H groups in total. The molecule has 0 bridgehead atoms. The zero-order valence-electron chi connectivity index (χ0n) is 11.0. The van der Waals surface area contributed by atoms with Gasteiger partial charge in [0.15, 0.2) is 0 Å². The molecule has 17 heavy (non-hydrogen) atoms. The van der Waals surface area contributed by atoms with Crippen molar-refractivity contribution in [1.82, 2.24) is 9.78 Å². The molecule has 0 saturated carbocycles. The zero-order valence-corrected chi connectivity index (χ0v) is 12.5. The number of nitrogens with zero attached hydrogens (tertiary/aromatic N) is 2. The molecule has 0 aliphatic rings. The van der Waals surface area contributed by atoms with E-state index in [0.717, 1.165) is 22.4 Å². The van der Waals surface area contributed by atoms with Gasteiger partial charge in [-0.25, -0.2) is 0 Å². The van der Waals surface area contributed by atoms with Gasteiger partial charge in [-0.3, -0.25) is 4.68 Å². The molecular formula is C12H21BrN2O2. The summed E-state index contributed by atoms with van der Waals surface area (Å²) in [5, 5.41) is 13.5. The highest BCUT2D eigenvalue weighted by Gasteiger charge is 2.18. The predicted molar refractivity (Wildman–Crippen MR) is 70.9 cm³/mol. The molecule has 5 heteroatoms. The Morgan fingerprint density at radius 3 is 2.65 bits per heavy atom. The first-order valence-electron chi connectivity index (χ1n) is 5.81. The minimum Gasteiger partial charge on any atom is -0.396 e. The molecule has 0 saturated heterocycles. The second-order valence-corrected chi connectivity index (χ2v) is 5.77. The van der Waals surface area contributed by atoms with Crippen LogP contribution >= 0.6 is 15.9 Å². The molecule has 1 aromatic heterocycles. The van der Waals surface area contributed by atoms with Crippen LogP contribution in [0.15, 0.2) is 4.47 Å². The van der Waals surface area contributed by atoms with Crippen LogP contribution < -0.4 is 0 Å². The first-order valence-corrected chi connectivity index (χ1v) is 6.61. The van der Waals surface area contributed by atoms with E-state index in [0.29, 0.717) is 13.2 Å². The Balaban J connectivity index is 2.63. The Kier molecular flexibility index (Phi) is 5.16. The van der Waals surface area contributed by atoms with Crippen molar-refractivity contribution in [3.8, 4) is 0 Å². The zero-order chi connectivity index (χ0) is 13.1. The molecule has 0 fully saturated rings. The third-order valence-electron chi connectivity index (χ3n) is 2.61. The van der Waals surface area contributed by atoms with Gasteiger partial charge in [0.05, 0.1) is 35.7 Å². The fourth-order valence-corrected chi connectivity index (χ4v) is 1.87. The standard InChI is InChI=1S/C12H21BrN2O2/c1-5-15-10(11(13)9(2)14-15)6-17-8-12(3,4)7-16/h16H,5-8H2,1-4H3. The summed E-state index contributed by atoms with van der Waals surface area (Å²) in [7, 11) is 0. The van der Waals surface area contributed by atoms with Gasteiger partial charge in [-0.05, 0) is 29.8 Å². The van der Waals surface area contributed by atoms with Gasteiger partial charge in [0.1, 0.15) is 0 Å². The normalized spacial score (nSPS) is 12.1. The van der Waals surface area contributed by atoms with Gasteiger partial charge in [0, 0.05) is 12.0 Å². The summed E-state index contributed by atoms with van der Waals surface area (Å²) in [5.74, 6) is 0. The van der Waals surface area contributed by atoms with Crippen LogP contribution in [0.5, 0.6) is 0 Å². The van der Waals surface area contributed by atoms with Crippen molar-refractivity contribution >= 4 is 15.9 Å². The Labute approximate surface area is 111 Å². The highest BCUT2D eigenvalue weighted by molar-refractivity contribution is 9.10. The molecule has 98 valence electrons. The van der Waals surface area contributed by atoms with Crippen molar-refractivity contribution in [3.63, 3.8) is 0 Å². The summed E-state index contributed by atoms with van der Waals surface area (Å²) in [6.07, 6.45) is 0. The molecule has 1 heterocycles. The number of aliphatic hydroxyl groups is 1. The average Bonchev–Trinajstić information content (AvgIpc) is 2.56. The molecule has 0 aliphatic heterocycles. The van der Waals surface area contributed by atoms with Crippen molar-refractivity contribution in [2.24, 2.45) is 5.41 Å². The van der Waals surface area contributed by atoms with Crippen LogP contribution in [0.25, 0.3) is 0 Å². The smallest absolute Gasteiger partial charge is 0.0896 e. The van der Waals surface area contributed by atoms with Gasteiger partial charge in [0.25, 0.3) is 0 Å². The molecule has 0 radical (unpaired) electrons. The summed E-state index contributed by atoms with van der Waals surface area (Å²) < 4.78 is 8.61. The molecule has 0 aromatic carbocycles. The van der Waals surface area contributed by atoms with Crippen molar-refractivity contribution in [2.75, 3.05) is 13.2 Å². The molecule has 1 rings (SSSR count). The molecule has 0 unspecified atom stereocenters. The van der Waals surface area contributed by atoms with E-state index in [9.17, 15) is 0 Å². The second kappa shape index (κ2) is 5.98. The topological polar surface area (TPSA) is 47.3 Å². The highest BCUT2D eigenvalue weighted by atomic mass is 79.9.